The van der Waals surface area contributed by atoms with Crippen LogP contribution in [0.5, 0.6) is 0 Å². The highest BCUT2D eigenvalue weighted by molar-refractivity contribution is 5.76. The second-order valence-electron chi connectivity index (χ2n) is 6.45. The highest BCUT2D eigenvalue weighted by Gasteiger charge is 2.29. The van der Waals surface area contributed by atoms with Crippen LogP contribution in [0.4, 0.5) is 0 Å². The van der Waals surface area contributed by atoms with Crippen molar-refractivity contribution < 1.29 is 4.79 Å². The van der Waals surface area contributed by atoms with Crippen molar-refractivity contribution in [3.63, 3.8) is 0 Å². The van der Waals surface area contributed by atoms with E-state index in [1.807, 2.05) is 0 Å². The Hall–Kier alpha value is -0.610. The van der Waals surface area contributed by atoms with Gasteiger partial charge in [-0.1, -0.05) is 6.92 Å². The van der Waals surface area contributed by atoms with Crippen LogP contribution in [-0.4, -0.2) is 50.6 Å². The summed E-state index contributed by atoms with van der Waals surface area (Å²) in [5.74, 6) is 0.791. The molecule has 0 radical (unpaired) electrons. The van der Waals surface area contributed by atoms with E-state index in [1.165, 1.54) is 12.8 Å². The van der Waals surface area contributed by atoms with Crippen molar-refractivity contribution in [2.75, 3.05) is 39.8 Å². The number of carbonyl (C=O) groups excluding carboxylic acids is 1. The molecule has 4 heteroatoms. The van der Waals surface area contributed by atoms with Gasteiger partial charge in [-0.25, -0.2) is 0 Å². The summed E-state index contributed by atoms with van der Waals surface area (Å²) in [6.45, 7) is 7.53. The molecule has 18 heavy (non-hydrogen) atoms. The van der Waals surface area contributed by atoms with Gasteiger partial charge in [0, 0.05) is 13.0 Å². The molecule has 4 nitrogen and oxygen atoms in total. The van der Waals surface area contributed by atoms with E-state index < -0.39 is 0 Å². The lowest BCUT2D eigenvalue weighted by molar-refractivity contribution is -0.122. The Labute approximate surface area is 110 Å². The van der Waals surface area contributed by atoms with Gasteiger partial charge < -0.3 is 15.5 Å². The SMILES string of the molecule is CN1CCC(C)(CNC(=O)CC2CCNC2)CC1. The first kappa shape index (κ1) is 13.8. The number of rotatable bonds is 4. The van der Waals surface area contributed by atoms with Crippen molar-refractivity contribution in [1.29, 1.82) is 0 Å². The van der Waals surface area contributed by atoms with Crippen LogP contribution in [0, 0.1) is 11.3 Å². The third-order valence-electron chi connectivity index (χ3n) is 4.54. The van der Waals surface area contributed by atoms with Gasteiger partial charge in [0.1, 0.15) is 0 Å². The molecule has 2 rings (SSSR count). The van der Waals surface area contributed by atoms with Gasteiger partial charge in [0.05, 0.1) is 0 Å². The molecule has 2 N–H and O–H groups in total. The van der Waals surface area contributed by atoms with E-state index in [0.29, 0.717) is 17.8 Å². The summed E-state index contributed by atoms with van der Waals surface area (Å²) >= 11 is 0. The maximum absolute atomic E-state index is 11.9. The van der Waals surface area contributed by atoms with E-state index >= 15 is 0 Å². The third-order valence-corrected chi connectivity index (χ3v) is 4.54. The molecule has 2 aliphatic heterocycles. The van der Waals surface area contributed by atoms with E-state index in [-0.39, 0.29) is 5.91 Å². The van der Waals surface area contributed by atoms with Gasteiger partial charge in [0.25, 0.3) is 0 Å². The first-order valence-corrected chi connectivity index (χ1v) is 7.23. The zero-order chi connectivity index (χ0) is 13.0. The predicted octanol–water partition coefficient (Wildman–Crippen LogP) is 0.834. The van der Waals surface area contributed by atoms with Crippen LogP contribution in [0.2, 0.25) is 0 Å². The van der Waals surface area contributed by atoms with Gasteiger partial charge in [-0.2, -0.15) is 0 Å². The Balaban J connectivity index is 1.68. The highest BCUT2D eigenvalue weighted by atomic mass is 16.1. The smallest absolute Gasteiger partial charge is 0.220 e. The molecule has 0 aromatic rings. The Morgan fingerprint density at radius 3 is 2.78 bits per heavy atom. The molecule has 2 heterocycles. The molecule has 2 aliphatic rings. The van der Waals surface area contributed by atoms with Crippen LogP contribution in [0.3, 0.4) is 0 Å². The molecule has 0 saturated carbocycles. The Morgan fingerprint density at radius 1 is 1.44 bits per heavy atom. The lowest BCUT2D eigenvalue weighted by Gasteiger charge is -2.38. The minimum Gasteiger partial charge on any atom is -0.356 e. The van der Waals surface area contributed by atoms with Crippen LogP contribution >= 0.6 is 0 Å². The van der Waals surface area contributed by atoms with E-state index in [4.69, 9.17) is 0 Å². The fourth-order valence-corrected chi connectivity index (χ4v) is 2.87. The summed E-state index contributed by atoms with van der Waals surface area (Å²) in [4.78, 5) is 14.3. The van der Waals surface area contributed by atoms with Crippen molar-refractivity contribution in [2.45, 2.75) is 32.6 Å². The van der Waals surface area contributed by atoms with E-state index in [9.17, 15) is 4.79 Å². The van der Waals surface area contributed by atoms with E-state index in [2.05, 4.69) is 29.5 Å². The first-order valence-electron chi connectivity index (χ1n) is 7.23. The molecule has 0 bridgehead atoms. The fourth-order valence-electron chi connectivity index (χ4n) is 2.87. The summed E-state index contributed by atoms with van der Waals surface area (Å²) in [6.07, 6.45) is 4.22. The average molecular weight is 253 g/mol. The molecule has 0 spiro atoms. The van der Waals surface area contributed by atoms with Crippen LogP contribution in [0.25, 0.3) is 0 Å². The zero-order valence-corrected chi connectivity index (χ0v) is 11.8. The summed E-state index contributed by atoms with van der Waals surface area (Å²) in [6, 6.07) is 0. The highest BCUT2D eigenvalue weighted by Crippen LogP contribution is 2.29. The molecule has 104 valence electrons. The van der Waals surface area contributed by atoms with Gasteiger partial charge in [-0.15, -0.1) is 0 Å². The molecule has 1 unspecified atom stereocenters. The minimum absolute atomic E-state index is 0.240. The molecule has 1 atom stereocenters. The van der Waals surface area contributed by atoms with Gasteiger partial charge in [0.15, 0.2) is 0 Å². The molecule has 1 amide bonds. The molecule has 0 aliphatic carbocycles. The molecular weight excluding hydrogens is 226 g/mol. The lowest BCUT2D eigenvalue weighted by Crippen LogP contribution is -2.43. The van der Waals surface area contributed by atoms with Crippen LogP contribution in [-0.2, 0) is 4.79 Å². The zero-order valence-electron chi connectivity index (χ0n) is 11.8. The van der Waals surface area contributed by atoms with E-state index in [0.717, 1.165) is 39.1 Å². The predicted molar refractivity (Wildman–Crippen MR) is 73.4 cm³/mol. The summed E-state index contributed by atoms with van der Waals surface area (Å²) in [7, 11) is 2.17. The van der Waals surface area contributed by atoms with Gasteiger partial charge in [-0.05, 0) is 63.8 Å². The van der Waals surface area contributed by atoms with Gasteiger partial charge >= 0.3 is 0 Å². The van der Waals surface area contributed by atoms with Crippen molar-refractivity contribution in [2.24, 2.45) is 11.3 Å². The standard InChI is InChI=1S/C14H27N3O/c1-14(4-7-17(2)8-5-14)11-16-13(18)9-12-3-6-15-10-12/h12,15H,3-11H2,1-2H3,(H,16,18). The number of likely N-dealkylation sites (tertiary alicyclic amines) is 1. The number of carbonyl (C=O) groups is 1. The van der Waals surface area contributed by atoms with Gasteiger partial charge in [0.2, 0.25) is 5.91 Å². The summed E-state index contributed by atoms with van der Waals surface area (Å²) in [5, 5.41) is 6.46. The van der Waals surface area contributed by atoms with Crippen LogP contribution in [0.15, 0.2) is 0 Å². The first-order chi connectivity index (χ1) is 8.57. The monoisotopic (exact) mass is 253 g/mol. The topological polar surface area (TPSA) is 44.4 Å². The molecule has 0 aromatic carbocycles. The molecule has 2 saturated heterocycles. The van der Waals surface area contributed by atoms with Crippen molar-refractivity contribution in [3.05, 3.63) is 0 Å². The number of hydrogen-bond donors (Lipinski definition) is 2. The quantitative estimate of drug-likeness (QED) is 0.780. The second-order valence-corrected chi connectivity index (χ2v) is 6.45. The van der Waals surface area contributed by atoms with Crippen LogP contribution < -0.4 is 10.6 Å². The number of nitrogens with one attached hydrogen (secondary N) is 2. The fraction of sp³-hybridized carbons (Fsp3) is 0.929. The van der Waals surface area contributed by atoms with Crippen molar-refractivity contribution in [1.82, 2.24) is 15.5 Å². The third kappa shape index (κ3) is 3.95. The maximum atomic E-state index is 11.9. The number of amides is 1. The van der Waals surface area contributed by atoms with Crippen LogP contribution in [0.1, 0.15) is 32.6 Å². The molecular formula is C14H27N3O. The number of piperidine rings is 1. The van der Waals surface area contributed by atoms with Gasteiger partial charge in [-0.3, -0.25) is 4.79 Å². The van der Waals surface area contributed by atoms with Crippen molar-refractivity contribution in [3.8, 4) is 0 Å². The van der Waals surface area contributed by atoms with E-state index in [1.54, 1.807) is 0 Å². The Kier molecular flexibility index (Phi) is 4.62. The minimum atomic E-state index is 0.240. The summed E-state index contributed by atoms with van der Waals surface area (Å²) in [5.41, 5.74) is 0.302. The lowest BCUT2D eigenvalue weighted by atomic mass is 9.80. The normalized spacial score (nSPS) is 28.2. The number of nitrogens with zero attached hydrogens (tertiary/aromatic N) is 1. The average Bonchev–Trinajstić information content (AvgIpc) is 2.84. The molecule has 2 fully saturated rings. The maximum Gasteiger partial charge on any atom is 0.220 e. The largest absolute Gasteiger partial charge is 0.356 e. The second kappa shape index (κ2) is 6.02. The number of hydrogen-bond acceptors (Lipinski definition) is 3. The molecule has 0 aromatic heterocycles. The Bertz CT molecular complexity index is 279. The summed E-state index contributed by atoms with van der Waals surface area (Å²) < 4.78 is 0. The Morgan fingerprint density at radius 2 is 2.17 bits per heavy atom. The van der Waals surface area contributed by atoms with Crippen molar-refractivity contribution >= 4 is 5.91 Å².